The lowest BCUT2D eigenvalue weighted by atomic mass is 10.2. The number of nitrogen functional groups attached to an aromatic ring is 1. The molecule has 15 heavy (non-hydrogen) atoms. The molecular formula is C11H20N4. The van der Waals surface area contributed by atoms with Crippen LogP contribution < -0.4 is 10.6 Å². The maximum atomic E-state index is 5.96. The highest BCUT2D eigenvalue weighted by molar-refractivity contribution is 5.62. The van der Waals surface area contributed by atoms with Crippen LogP contribution in [0.15, 0.2) is 6.20 Å². The first-order valence-electron chi connectivity index (χ1n) is 5.78. The van der Waals surface area contributed by atoms with Crippen molar-refractivity contribution in [1.29, 1.82) is 0 Å². The number of aromatic nitrogens is 2. The first-order chi connectivity index (χ1) is 7.22. The van der Waals surface area contributed by atoms with Gasteiger partial charge in [-0.25, -0.2) is 0 Å². The summed E-state index contributed by atoms with van der Waals surface area (Å²) >= 11 is 0. The molecule has 0 aromatic carbocycles. The van der Waals surface area contributed by atoms with E-state index in [0.717, 1.165) is 18.1 Å². The van der Waals surface area contributed by atoms with Crippen LogP contribution in [0.25, 0.3) is 0 Å². The Balaban J connectivity index is 2.21. The summed E-state index contributed by atoms with van der Waals surface area (Å²) in [7, 11) is 1.92. The van der Waals surface area contributed by atoms with Crippen LogP contribution in [-0.4, -0.2) is 22.4 Å². The zero-order valence-corrected chi connectivity index (χ0v) is 9.61. The summed E-state index contributed by atoms with van der Waals surface area (Å²) in [5, 5.41) is 4.44. The van der Waals surface area contributed by atoms with Gasteiger partial charge < -0.3 is 10.6 Å². The molecule has 0 radical (unpaired) electrons. The van der Waals surface area contributed by atoms with E-state index in [1.807, 2.05) is 13.2 Å². The molecule has 2 rings (SSSR count). The second kappa shape index (κ2) is 4.13. The summed E-state index contributed by atoms with van der Waals surface area (Å²) in [6.45, 7) is 3.16. The Morgan fingerprint density at radius 2 is 2.20 bits per heavy atom. The zero-order chi connectivity index (χ0) is 10.8. The van der Waals surface area contributed by atoms with E-state index in [4.69, 9.17) is 5.73 Å². The van der Waals surface area contributed by atoms with Gasteiger partial charge in [0.15, 0.2) is 5.82 Å². The molecule has 0 unspecified atom stereocenters. The third kappa shape index (κ3) is 1.94. The van der Waals surface area contributed by atoms with Crippen molar-refractivity contribution in [2.45, 2.75) is 38.6 Å². The SMILES string of the molecule is CCN(c1nn(C)cc1N)C1CCCC1. The monoisotopic (exact) mass is 208 g/mol. The summed E-state index contributed by atoms with van der Waals surface area (Å²) in [4.78, 5) is 2.35. The first kappa shape index (κ1) is 10.3. The number of rotatable bonds is 3. The van der Waals surface area contributed by atoms with Gasteiger partial charge in [-0.2, -0.15) is 5.10 Å². The van der Waals surface area contributed by atoms with Crippen molar-refractivity contribution in [2.24, 2.45) is 7.05 Å². The Labute approximate surface area is 91.1 Å². The molecule has 84 valence electrons. The van der Waals surface area contributed by atoms with Gasteiger partial charge in [-0.1, -0.05) is 12.8 Å². The molecule has 1 saturated carbocycles. The largest absolute Gasteiger partial charge is 0.394 e. The number of hydrogen-bond donors (Lipinski definition) is 1. The van der Waals surface area contributed by atoms with E-state index >= 15 is 0 Å². The van der Waals surface area contributed by atoms with Gasteiger partial charge in [-0.05, 0) is 19.8 Å². The van der Waals surface area contributed by atoms with Crippen LogP contribution in [0.4, 0.5) is 11.5 Å². The van der Waals surface area contributed by atoms with E-state index in [0.29, 0.717) is 6.04 Å². The predicted octanol–water partition coefficient (Wildman–Crippen LogP) is 1.77. The highest BCUT2D eigenvalue weighted by Crippen LogP contribution is 2.29. The van der Waals surface area contributed by atoms with Crippen molar-refractivity contribution in [3.63, 3.8) is 0 Å². The van der Waals surface area contributed by atoms with Crippen LogP contribution in [0.1, 0.15) is 32.6 Å². The Kier molecular flexibility index (Phi) is 2.84. The van der Waals surface area contributed by atoms with Gasteiger partial charge in [0.1, 0.15) is 0 Å². The molecule has 0 atom stereocenters. The lowest BCUT2D eigenvalue weighted by Gasteiger charge is -2.27. The number of aryl methyl sites for hydroxylation is 1. The molecule has 2 N–H and O–H groups in total. The lowest BCUT2D eigenvalue weighted by Crippen LogP contribution is -2.33. The van der Waals surface area contributed by atoms with Crippen LogP contribution in [0.2, 0.25) is 0 Å². The van der Waals surface area contributed by atoms with E-state index in [1.165, 1.54) is 25.7 Å². The second-order valence-corrected chi connectivity index (χ2v) is 4.31. The van der Waals surface area contributed by atoms with Gasteiger partial charge in [0.25, 0.3) is 0 Å². The molecule has 0 amide bonds. The molecule has 1 aromatic heterocycles. The lowest BCUT2D eigenvalue weighted by molar-refractivity contribution is 0.606. The van der Waals surface area contributed by atoms with Gasteiger partial charge in [-0.15, -0.1) is 0 Å². The van der Waals surface area contributed by atoms with Crippen molar-refractivity contribution < 1.29 is 0 Å². The summed E-state index contributed by atoms with van der Waals surface area (Å²) in [5.74, 6) is 0.965. The quantitative estimate of drug-likeness (QED) is 0.823. The topological polar surface area (TPSA) is 47.1 Å². The van der Waals surface area contributed by atoms with E-state index in [2.05, 4.69) is 16.9 Å². The minimum atomic E-state index is 0.646. The van der Waals surface area contributed by atoms with Crippen LogP contribution in [0.3, 0.4) is 0 Å². The maximum absolute atomic E-state index is 5.96. The Bertz CT molecular complexity index is 325. The van der Waals surface area contributed by atoms with Crippen molar-refractivity contribution in [2.75, 3.05) is 17.2 Å². The molecule has 0 spiro atoms. The molecule has 0 saturated heterocycles. The van der Waals surface area contributed by atoms with E-state index in [9.17, 15) is 0 Å². The van der Waals surface area contributed by atoms with Gasteiger partial charge in [0.2, 0.25) is 0 Å². The highest BCUT2D eigenvalue weighted by atomic mass is 15.4. The van der Waals surface area contributed by atoms with Gasteiger partial charge >= 0.3 is 0 Å². The predicted molar refractivity (Wildman–Crippen MR) is 62.9 cm³/mol. The third-order valence-electron chi connectivity index (χ3n) is 3.21. The molecule has 0 bridgehead atoms. The summed E-state index contributed by atoms with van der Waals surface area (Å²) in [5.41, 5.74) is 6.76. The second-order valence-electron chi connectivity index (χ2n) is 4.31. The van der Waals surface area contributed by atoms with Crippen molar-refractivity contribution in [3.05, 3.63) is 6.20 Å². The van der Waals surface area contributed by atoms with Crippen LogP contribution in [-0.2, 0) is 7.05 Å². The van der Waals surface area contributed by atoms with Crippen LogP contribution in [0, 0.1) is 0 Å². The normalized spacial score (nSPS) is 17.2. The average molecular weight is 208 g/mol. The molecule has 0 aliphatic heterocycles. The molecule has 1 fully saturated rings. The molecule has 4 nitrogen and oxygen atoms in total. The van der Waals surface area contributed by atoms with Crippen molar-refractivity contribution >= 4 is 11.5 Å². The molecule has 1 aliphatic rings. The van der Waals surface area contributed by atoms with Gasteiger partial charge in [0.05, 0.1) is 5.69 Å². The maximum Gasteiger partial charge on any atom is 0.174 e. The van der Waals surface area contributed by atoms with Crippen molar-refractivity contribution in [1.82, 2.24) is 9.78 Å². The molecule has 1 aliphatic carbocycles. The third-order valence-corrected chi connectivity index (χ3v) is 3.21. The Hall–Kier alpha value is -1.19. The zero-order valence-electron chi connectivity index (χ0n) is 9.61. The van der Waals surface area contributed by atoms with Crippen molar-refractivity contribution in [3.8, 4) is 0 Å². The number of anilines is 2. The first-order valence-corrected chi connectivity index (χ1v) is 5.78. The molecule has 1 heterocycles. The number of hydrogen-bond acceptors (Lipinski definition) is 3. The van der Waals surface area contributed by atoms with Gasteiger partial charge in [0, 0.05) is 25.8 Å². The minimum Gasteiger partial charge on any atom is -0.394 e. The molecule has 4 heteroatoms. The van der Waals surface area contributed by atoms with Crippen LogP contribution >= 0.6 is 0 Å². The fourth-order valence-electron chi connectivity index (χ4n) is 2.52. The van der Waals surface area contributed by atoms with Crippen LogP contribution in [0.5, 0.6) is 0 Å². The number of nitrogens with two attached hydrogens (primary N) is 1. The van der Waals surface area contributed by atoms with E-state index in [-0.39, 0.29) is 0 Å². The summed E-state index contributed by atoms with van der Waals surface area (Å²) in [6, 6.07) is 0.646. The fraction of sp³-hybridized carbons (Fsp3) is 0.727. The molecule has 1 aromatic rings. The fourth-order valence-corrected chi connectivity index (χ4v) is 2.52. The Morgan fingerprint density at radius 1 is 1.53 bits per heavy atom. The standard InChI is InChI=1S/C11H20N4/c1-3-15(9-6-4-5-7-9)11-10(12)8-14(2)13-11/h8-9H,3-7,12H2,1-2H3. The Morgan fingerprint density at radius 3 is 2.67 bits per heavy atom. The summed E-state index contributed by atoms with van der Waals surface area (Å²) < 4.78 is 1.79. The highest BCUT2D eigenvalue weighted by Gasteiger charge is 2.24. The number of nitrogens with zero attached hydrogens (tertiary/aromatic N) is 3. The molecular weight excluding hydrogens is 188 g/mol. The van der Waals surface area contributed by atoms with E-state index in [1.54, 1.807) is 4.68 Å². The van der Waals surface area contributed by atoms with Gasteiger partial charge in [-0.3, -0.25) is 4.68 Å². The van der Waals surface area contributed by atoms with E-state index < -0.39 is 0 Å². The smallest absolute Gasteiger partial charge is 0.174 e. The summed E-state index contributed by atoms with van der Waals surface area (Å²) in [6.07, 6.45) is 7.13. The average Bonchev–Trinajstić information content (AvgIpc) is 2.79. The minimum absolute atomic E-state index is 0.646.